The maximum Gasteiger partial charge on any atom is 0.411 e. The van der Waals surface area contributed by atoms with Gasteiger partial charge in [0, 0.05) is 30.4 Å². The van der Waals surface area contributed by atoms with Crippen LogP contribution in [0.3, 0.4) is 0 Å². The van der Waals surface area contributed by atoms with E-state index in [-0.39, 0.29) is 30.7 Å². The van der Waals surface area contributed by atoms with E-state index in [2.05, 4.69) is 10.6 Å². The van der Waals surface area contributed by atoms with Gasteiger partial charge in [-0.05, 0) is 59.1 Å². The summed E-state index contributed by atoms with van der Waals surface area (Å²) in [4.78, 5) is 27.8. The highest BCUT2D eigenvalue weighted by atomic mass is 32.1. The Morgan fingerprint density at radius 3 is 2.57 bits per heavy atom. The minimum atomic E-state index is -0.536. The first-order chi connectivity index (χ1) is 13.0. The monoisotopic (exact) mass is 411 g/mol. The highest BCUT2D eigenvalue weighted by Gasteiger charge is 2.38. The van der Waals surface area contributed by atoms with Gasteiger partial charge in [0.2, 0.25) is 5.91 Å². The molecule has 0 aromatic carbocycles. The van der Waals surface area contributed by atoms with Gasteiger partial charge in [-0.25, -0.2) is 4.79 Å². The third-order valence-corrected chi connectivity index (χ3v) is 6.17. The summed E-state index contributed by atoms with van der Waals surface area (Å²) in [5, 5.41) is 15.6. The number of hydrogen-bond acceptors (Lipinski definition) is 6. The number of aliphatic hydroxyl groups is 1. The number of ether oxygens (including phenoxy) is 1. The minimum absolute atomic E-state index is 0.0249. The lowest BCUT2D eigenvalue weighted by Crippen LogP contribution is -2.46. The average molecular weight is 412 g/mol. The molecule has 2 unspecified atom stereocenters. The molecule has 0 saturated carbocycles. The van der Waals surface area contributed by atoms with Crippen molar-refractivity contribution in [2.75, 3.05) is 25.0 Å². The smallest absolute Gasteiger partial charge is 0.411 e. The zero-order valence-electron chi connectivity index (χ0n) is 17.7. The number of anilines is 1. The number of fused-ring (bicyclic) bond motifs is 1. The number of carbonyl (C=O) groups is 2. The van der Waals surface area contributed by atoms with Crippen LogP contribution in [0.5, 0.6) is 0 Å². The highest BCUT2D eigenvalue weighted by Crippen LogP contribution is 2.44. The molecule has 2 rings (SSSR count). The molecule has 2 atom stereocenters. The zero-order chi connectivity index (χ0) is 21.1. The number of rotatable bonds is 6. The third kappa shape index (κ3) is 5.46. The second-order valence-electron chi connectivity index (χ2n) is 8.29. The van der Waals surface area contributed by atoms with Crippen LogP contribution in [-0.2, 0) is 16.0 Å². The van der Waals surface area contributed by atoms with Crippen LogP contribution in [0.15, 0.2) is 0 Å². The molecule has 1 aromatic heterocycles. The van der Waals surface area contributed by atoms with Crippen LogP contribution in [0.25, 0.3) is 0 Å². The number of amides is 2. The number of nitrogens with one attached hydrogen (secondary N) is 2. The molecule has 1 aliphatic rings. The molecule has 28 heavy (non-hydrogen) atoms. The maximum atomic E-state index is 12.7. The van der Waals surface area contributed by atoms with Crippen molar-refractivity contribution < 1.29 is 19.4 Å². The third-order valence-electron chi connectivity index (χ3n) is 4.75. The van der Waals surface area contributed by atoms with Crippen molar-refractivity contribution in [3.63, 3.8) is 0 Å². The van der Waals surface area contributed by atoms with Crippen molar-refractivity contribution in [3.05, 3.63) is 16.0 Å². The first-order valence-corrected chi connectivity index (χ1v) is 10.6. The molecule has 1 aliphatic heterocycles. The average Bonchev–Trinajstić information content (AvgIpc) is 2.87. The lowest BCUT2D eigenvalue weighted by Gasteiger charge is -2.39. The van der Waals surface area contributed by atoms with E-state index in [1.54, 1.807) is 16.2 Å². The van der Waals surface area contributed by atoms with Gasteiger partial charge in [-0.15, -0.1) is 11.3 Å². The Hall–Kier alpha value is -1.64. The van der Waals surface area contributed by atoms with E-state index in [0.29, 0.717) is 19.5 Å². The standard InChI is InChI=1S/C20H33N3O4S/c1-12-11-15-13(2)18(22-16(25)7-8-21-9-10-24)28-17(15)14(3)23(12)19(26)27-20(4,5)6/h12,14,21,24H,7-11H2,1-6H3,(H,22,25). The molecule has 8 heteroatoms. The molecule has 2 heterocycles. The van der Waals surface area contributed by atoms with Gasteiger partial charge in [0.1, 0.15) is 5.60 Å². The minimum Gasteiger partial charge on any atom is -0.444 e. The molecular formula is C20H33N3O4S. The molecular weight excluding hydrogens is 378 g/mol. The van der Waals surface area contributed by atoms with Crippen molar-refractivity contribution >= 4 is 28.3 Å². The number of hydrogen-bond donors (Lipinski definition) is 3. The van der Waals surface area contributed by atoms with Gasteiger partial charge >= 0.3 is 6.09 Å². The zero-order valence-corrected chi connectivity index (χ0v) is 18.5. The van der Waals surface area contributed by atoms with Crippen molar-refractivity contribution in [2.45, 2.75) is 72.1 Å². The SMILES string of the molecule is Cc1c(NC(=O)CCNCCO)sc2c1CC(C)N(C(=O)OC(C)(C)C)C2C. The van der Waals surface area contributed by atoms with Crippen LogP contribution in [0.2, 0.25) is 0 Å². The molecule has 3 N–H and O–H groups in total. The summed E-state index contributed by atoms with van der Waals surface area (Å²) in [6.07, 6.45) is 0.789. The van der Waals surface area contributed by atoms with Gasteiger partial charge < -0.3 is 20.5 Å². The Morgan fingerprint density at radius 1 is 1.29 bits per heavy atom. The van der Waals surface area contributed by atoms with Crippen molar-refractivity contribution in [2.24, 2.45) is 0 Å². The van der Waals surface area contributed by atoms with Crippen LogP contribution in [0.1, 0.15) is 63.1 Å². The normalized spacial score (nSPS) is 19.3. The van der Waals surface area contributed by atoms with Gasteiger partial charge in [-0.2, -0.15) is 0 Å². The van der Waals surface area contributed by atoms with E-state index >= 15 is 0 Å². The van der Waals surface area contributed by atoms with E-state index in [4.69, 9.17) is 9.84 Å². The van der Waals surface area contributed by atoms with Crippen LogP contribution >= 0.6 is 11.3 Å². The van der Waals surface area contributed by atoms with Crippen LogP contribution in [0, 0.1) is 6.92 Å². The number of carbonyl (C=O) groups excluding carboxylic acids is 2. The fourth-order valence-electron chi connectivity index (χ4n) is 3.43. The van der Waals surface area contributed by atoms with Crippen molar-refractivity contribution in [1.29, 1.82) is 0 Å². The number of aliphatic hydroxyl groups excluding tert-OH is 1. The second kappa shape index (κ2) is 9.24. The predicted molar refractivity (Wildman–Crippen MR) is 112 cm³/mol. The summed E-state index contributed by atoms with van der Waals surface area (Å²) in [5.74, 6) is -0.0585. The van der Waals surface area contributed by atoms with E-state index in [0.717, 1.165) is 21.9 Å². The van der Waals surface area contributed by atoms with E-state index in [1.165, 1.54) is 5.56 Å². The summed E-state index contributed by atoms with van der Waals surface area (Å²) >= 11 is 1.54. The largest absolute Gasteiger partial charge is 0.444 e. The molecule has 0 spiro atoms. The van der Waals surface area contributed by atoms with Crippen molar-refractivity contribution in [1.82, 2.24) is 10.2 Å². The summed E-state index contributed by atoms with van der Waals surface area (Å²) in [6, 6.07) is -0.0777. The second-order valence-corrected chi connectivity index (χ2v) is 9.34. The van der Waals surface area contributed by atoms with Gasteiger partial charge in [0.05, 0.1) is 17.6 Å². The van der Waals surface area contributed by atoms with Crippen LogP contribution < -0.4 is 10.6 Å². The Morgan fingerprint density at radius 2 is 1.96 bits per heavy atom. The Kier molecular flexibility index (Phi) is 7.47. The molecule has 0 radical (unpaired) electrons. The topological polar surface area (TPSA) is 90.9 Å². The highest BCUT2D eigenvalue weighted by molar-refractivity contribution is 7.16. The molecule has 158 valence electrons. The van der Waals surface area contributed by atoms with Crippen LogP contribution in [-0.4, -0.2) is 53.3 Å². The number of thiophene rings is 1. The van der Waals surface area contributed by atoms with E-state index < -0.39 is 5.60 Å². The van der Waals surface area contributed by atoms with Gasteiger partial charge in [0.15, 0.2) is 0 Å². The Balaban J connectivity index is 2.13. The van der Waals surface area contributed by atoms with Gasteiger partial charge in [0.25, 0.3) is 0 Å². The fraction of sp³-hybridized carbons (Fsp3) is 0.700. The van der Waals surface area contributed by atoms with E-state index in [9.17, 15) is 9.59 Å². The van der Waals surface area contributed by atoms with Crippen molar-refractivity contribution in [3.8, 4) is 0 Å². The lowest BCUT2D eigenvalue weighted by atomic mass is 9.94. The maximum absolute atomic E-state index is 12.7. The first kappa shape index (κ1) is 22.6. The first-order valence-electron chi connectivity index (χ1n) is 9.80. The van der Waals surface area contributed by atoms with Crippen LogP contribution in [0.4, 0.5) is 9.80 Å². The Bertz CT molecular complexity index is 711. The molecule has 0 fully saturated rings. The molecule has 7 nitrogen and oxygen atoms in total. The predicted octanol–water partition coefficient (Wildman–Crippen LogP) is 3.21. The fourth-order valence-corrected chi connectivity index (χ4v) is 4.73. The molecule has 0 bridgehead atoms. The lowest BCUT2D eigenvalue weighted by molar-refractivity contribution is -0.116. The molecule has 0 aliphatic carbocycles. The quantitative estimate of drug-likeness (QED) is 0.625. The summed E-state index contributed by atoms with van der Waals surface area (Å²) in [5.41, 5.74) is 1.77. The molecule has 1 aromatic rings. The molecule has 0 saturated heterocycles. The van der Waals surface area contributed by atoms with Gasteiger partial charge in [-0.3, -0.25) is 9.69 Å². The summed E-state index contributed by atoms with van der Waals surface area (Å²) < 4.78 is 5.60. The number of nitrogens with zero attached hydrogens (tertiary/aromatic N) is 1. The summed E-state index contributed by atoms with van der Waals surface area (Å²) in [6.45, 7) is 12.7. The van der Waals surface area contributed by atoms with Gasteiger partial charge in [-0.1, -0.05) is 0 Å². The Labute approximate surface area is 171 Å². The summed E-state index contributed by atoms with van der Waals surface area (Å²) in [7, 11) is 0. The molecule has 2 amide bonds. The van der Waals surface area contributed by atoms with E-state index in [1.807, 2.05) is 41.5 Å².